The van der Waals surface area contributed by atoms with Crippen molar-refractivity contribution in [3.63, 3.8) is 0 Å². The number of carboxylic acids is 1. The lowest BCUT2D eigenvalue weighted by Crippen LogP contribution is -2.04. The molecule has 0 fully saturated rings. The first-order valence-electron chi connectivity index (χ1n) is 5.57. The summed E-state index contributed by atoms with van der Waals surface area (Å²) in [4.78, 5) is 11.1. The first kappa shape index (κ1) is 14.8. The normalized spacial score (nSPS) is 10.3. The smallest absolute Gasteiger partial charge is 0.339 e. The molecular formula is C14H9BrClFO3. The zero-order chi connectivity index (χ0) is 14.7. The van der Waals surface area contributed by atoms with Gasteiger partial charge in [0.1, 0.15) is 23.7 Å². The van der Waals surface area contributed by atoms with Crippen LogP contribution < -0.4 is 4.74 Å². The summed E-state index contributed by atoms with van der Waals surface area (Å²) in [6.07, 6.45) is 0. The van der Waals surface area contributed by atoms with Crippen molar-refractivity contribution in [2.24, 2.45) is 0 Å². The number of aromatic carboxylic acids is 1. The van der Waals surface area contributed by atoms with E-state index < -0.39 is 11.8 Å². The second kappa shape index (κ2) is 6.24. The molecule has 3 nitrogen and oxygen atoms in total. The molecule has 2 rings (SSSR count). The van der Waals surface area contributed by atoms with Crippen LogP contribution in [0.1, 0.15) is 15.9 Å². The first-order valence-corrected chi connectivity index (χ1v) is 6.74. The molecule has 0 heterocycles. The lowest BCUT2D eigenvalue weighted by molar-refractivity contribution is 0.0692. The van der Waals surface area contributed by atoms with E-state index in [1.54, 1.807) is 12.1 Å². The lowest BCUT2D eigenvalue weighted by Gasteiger charge is -2.10. The minimum atomic E-state index is -1.13. The molecule has 0 amide bonds. The topological polar surface area (TPSA) is 46.5 Å². The van der Waals surface area contributed by atoms with E-state index >= 15 is 0 Å². The maximum atomic E-state index is 13.6. The molecule has 0 aliphatic rings. The van der Waals surface area contributed by atoms with E-state index in [2.05, 4.69) is 15.9 Å². The van der Waals surface area contributed by atoms with Gasteiger partial charge in [0.15, 0.2) is 0 Å². The van der Waals surface area contributed by atoms with Gasteiger partial charge in [-0.1, -0.05) is 27.5 Å². The van der Waals surface area contributed by atoms with Crippen LogP contribution in [0.2, 0.25) is 5.02 Å². The largest absolute Gasteiger partial charge is 0.488 e. The molecule has 1 N–H and O–H groups in total. The summed E-state index contributed by atoms with van der Waals surface area (Å²) in [7, 11) is 0. The van der Waals surface area contributed by atoms with Gasteiger partial charge in [-0.05, 0) is 36.4 Å². The molecule has 104 valence electrons. The Labute approximate surface area is 128 Å². The van der Waals surface area contributed by atoms with E-state index in [1.165, 1.54) is 24.3 Å². The summed E-state index contributed by atoms with van der Waals surface area (Å²) in [5.41, 5.74) is 0.292. The predicted octanol–water partition coefficient (Wildman–Crippen LogP) is 4.52. The Morgan fingerprint density at radius 1 is 1.30 bits per heavy atom. The summed E-state index contributed by atoms with van der Waals surface area (Å²) in [6.45, 7) is -0.0914. The van der Waals surface area contributed by atoms with Gasteiger partial charge in [0, 0.05) is 15.1 Å². The summed E-state index contributed by atoms with van der Waals surface area (Å²) in [6, 6.07) is 8.63. The Bertz CT molecular complexity index is 661. The lowest BCUT2D eigenvalue weighted by atomic mass is 10.2. The molecule has 0 aromatic heterocycles. The van der Waals surface area contributed by atoms with Crippen LogP contribution in [0.3, 0.4) is 0 Å². The van der Waals surface area contributed by atoms with Crippen LogP contribution in [0.4, 0.5) is 4.39 Å². The van der Waals surface area contributed by atoms with Gasteiger partial charge in [0.25, 0.3) is 0 Å². The van der Waals surface area contributed by atoms with Crippen LogP contribution in [0.25, 0.3) is 0 Å². The van der Waals surface area contributed by atoms with Gasteiger partial charge >= 0.3 is 5.97 Å². The monoisotopic (exact) mass is 358 g/mol. The predicted molar refractivity (Wildman–Crippen MR) is 76.8 cm³/mol. The van der Waals surface area contributed by atoms with Crippen molar-refractivity contribution in [1.29, 1.82) is 0 Å². The molecule has 0 radical (unpaired) electrons. The van der Waals surface area contributed by atoms with Gasteiger partial charge in [0.2, 0.25) is 0 Å². The van der Waals surface area contributed by atoms with Crippen LogP contribution in [-0.4, -0.2) is 11.1 Å². The molecule has 2 aromatic carbocycles. The van der Waals surface area contributed by atoms with Gasteiger partial charge in [0.05, 0.1) is 0 Å². The van der Waals surface area contributed by atoms with E-state index in [0.717, 1.165) is 0 Å². The molecule has 0 aliphatic carbocycles. The van der Waals surface area contributed by atoms with Crippen molar-refractivity contribution in [2.45, 2.75) is 6.61 Å². The van der Waals surface area contributed by atoms with Crippen molar-refractivity contribution in [3.8, 4) is 5.75 Å². The molecule has 0 bridgehead atoms. The van der Waals surface area contributed by atoms with E-state index in [1.807, 2.05) is 0 Å². The molecule has 0 aliphatic heterocycles. The third-order valence-corrected chi connectivity index (χ3v) is 3.29. The second-order valence-corrected chi connectivity index (χ2v) is 5.32. The number of rotatable bonds is 4. The fourth-order valence-corrected chi connectivity index (χ4v) is 2.17. The highest BCUT2D eigenvalue weighted by atomic mass is 79.9. The van der Waals surface area contributed by atoms with Gasteiger partial charge in [-0.15, -0.1) is 0 Å². The molecule has 0 saturated carbocycles. The number of benzene rings is 2. The SMILES string of the molecule is O=C(O)c1ccc(Cl)cc1OCc1cc(Br)ccc1F. The zero-order valence-electron chi connectivity index (χ0n) is 10.1. The van der Waals surface area contributed by atoms with Crippen LogP contribution >= 0.6 is 27.5 Å². The van der Waals surface area contributed by atoms with Crippen molar-refractivity contribution in [1.82, 2.24) is 0 Å². The Morgan fingerprint density at radius 2 is 2.05 bits per heavy atom. The van der Waals surface area contributed by atoms with Gasteiger partial charge in [-0.3, -0.25) is 0 Å². The Morgan fingerprint density at radius 3 is 2.75 bits per heavy atom. The van der Waals surface area contributed by atoms with E-state index in [-0.39, 0.29) is 17.9 Å². The molecule has 0 saturated heterocycles. The second-order valence-electron chi connectivity index (χ2n) is 3.97. The van der Waals surface area contributed by atoms with Crippen LogP contribution in [0.5, 0.6) is 5.75 Å². The minimum absolute atomic E-state index is 0.0233. The maximum absolute atomic E-state index is 13.6. The Kier molecular flexibility index (Phi) is 4.62. The fourth-order valence-electron chi connectivity index (χ4n) is 1.60. The summed E-state index contributed by atoms with van der Waals surface area (Å²) in [5, 5.41) is 9.39. The van der Waals surface area contributed by atoms with Crippen molar-refractivity contribution >= 4 is 33.5 Å². The van der Waals surface area contributed by atoms with Crippen LogP contribution in [0, 0.1) is 5.82 Å². The number of carboxylic acid groups (broad SMARTS) is 1. The summed E-state index contributed by atoms with van der Waals surface area (Å²) < 4.78 is 19.7. The summed E-state index contributed by atoms with van der Waals surface area (Å²) >= 11 is 9.04. The summed E-state index contributed by atoms with van der Waals surface area (Å²) in [5.74, 6) is -1.46. The zero-order valence-corrected chi connectivity index (χ0v) is 12.4. The van der Waals surface area contributed by atoms with E-state index in [4.69, 9.17) is 21.4 Å². The minimum Gasteiger partial charge on any atom is -0.488 e. The highest BCUT2D eigenvalue weighted by Gasteiger charge is 2.13. The average Bonchev–Trinajstić information content (AvgIpc) is 2.39. The molecule has 2 aromatic rings. The van der Waals surface area contributed by atoms with Gasteiger partial charge in [-0.25, -0.2) is 9.18 Å². The Balaban J connectivity index is 2.24. The van der Waals surface area contributed by atoms with E-state index in [0.29, 0.717) is 15.1 Å². The standard InChI is InChI=1S/C14H9BrClFO3/c15-9-1-4-12(17)8(5-9)7-20-13-6-10(16)2-3-11(13)14(18)19/h1-6H,7H2,(H,18,19). The number of carbonyl (C=O) groups is 1. The van der Waals surface area contributed by atoms with Crippen molar-refractivity contribution < 1.29 is 19.0 Å². The number of hydrogen-bond acceptors (Lipinski definition) is 2. The van der Waals surface area contributed by atoms with Gasteiger partial charge in [-0.2, -0.15) is 0 Å². The highest BCUT2D eigenvalue weighted by molar-refractivity contribution is 9.10. The first-order chi connectivity index (χ1) is 9.47. The van der Waals surface area contributed by atoms with Crippen LogP contribution in [-0.2, 0) is 6.61 Å². The number of halogens is 3. The highest BCUT2D eigenvalue weighted by Crippen LogP contribution is 2.25. The molecule has 6 heteroatoms. The quantitative estimate of drug-likeness (QED) is 0.873. The van der Waals surface area contributed by atoms with E-state index in [9.17, 15) is 9.18 Å². The van der Waals surface area contributed by atoms with Crippen molar-refractivity contribution in [2.75, 3.05) is 0 Å². The maximum Gasteiger partial charge on any atom is 0.339 e. The van der Waals surface area contributed by atoms with Crippen molar-refractivity contribution in [3.05, 3.63) is 62.8 Å². The Hall–Kier alpha value is -1.59. The van der Waals surface area contributed by atoms with Crippen LogP contribution in [0.15, 0.2) is 40.9 Å². The molecular weight excluding hydrogens is 351 g/mol. The molecule has 0 spiro atoms. The molecule has 0 atom stereocenters. The number of hydrogen-bond donors (Lipinski definition) is 1. The number of ether oxygens (including phenoxy) is 1. The average molecular weight is 360 g/mol. The van der Waals surface area contributed by atoms with Gasteiger partial charge < -0.3 is 9.84 Å². The molecule has 0 unspecified atom stereocenters. The third-order valence-electron chi connectivity index (χ3n) is 2.57. The molecule has 20 heavy (non-hydrogen) atoms. The fraction of sp³-hybridized carbons (Fsp3) is 0.0714. The third kappa shape index (κ3) is 3.49.